The molecule has 3 N–H and O–H groups in total. The number of nitrogens with zero attached hydrogens (tertiary/aromatic N) is 3. The number of benzene rings is 2. The van der Waals surface area contributed by atoms with Crippen molar-refractivity contribution in [3.8, 4) is 0 Å². The van der Waals surface area contributed by atoms with Crippen LogP contribution >= 0.6 is 0 Å². The predicted molar refractivity (Wildman–Crippen MR) is 129 cm³/mol. The summed E-state index contributed by atoms with van der Waals surface area (Å²) in [4.78, 5) is 56.0. The molecule has 0 saturated carbocycles. The molecule has 2 aromatic rings. The van der Waals surface area contributed by atoms with Gasteiger partial charge in [-0.2, -0.15) is 5.01 Å². The van der Waals surface area contributed by atoms with E-state index in [1.54, 1.807) is 55.6 Å². The number of nitrogens with one attached hydrogen (secondary N) is 1. The van der Waals surface area contributed by atoms with Crippen LogP contribution in [0.2, 0.25) is 0 Å². The topological polar surface area (TPSA) is 134 Å². The molecular weight excluding hydrogens is 450 g/mol. The molecule has 3 amide bonds. The summed E-state index contributed by atoms with van der Waals surface area (Å²) in [6.45, 7) is 0.446. The predicted octanol–water partition coefficient (Wildman–Crippen LogP) is 1.72. The Morgan fingerprint density at radius 1 is 1.06 bits per heavy atom. The highest BCUT2D eigenvalue weighted by molar-refractivity contribution is 6.21. The first-order valence-electron chi connectivity index (χ1n) is 11.2. The summed E-state index contributed by atoms with van der Waals surface area (Å²) in [6, 6.07) is 15.4. The molecule has 0 bridgehead atoms. The first-order chi connectivity index (χ1) is 16.9. The zero-order valence-electron chi connectivity index (χ0n) is 19.8. The van der Waals surface area contributed by atoms with Gasteiger partial charge < -0.3 is 15.8 Å². The molecule has 2 aromatic carbocycles. The van der Waals surface area contributed by atoms with E-state index in [4.69, 9.17) is 10.5 Å². The molecule has 0 saturated heterocycles. The van der Waals surface area contributed by atoms with Crippen LogP contribution in [0, 0.1) is 5.92 Å². The van der Waals surface area contributed by atoms with Gasteiger partial charge in [0.05, 0.1) is 30.7 Å². The van der Waals surface area contributed by atoms with Gasteiger partial charge in [-0.3, -0.25) is 24.2 Å². The molecule has 0 unspecified atom stereocenters. The number of fused-ring (bicyclic) bond motifs is 1. The van der Waals surface area contributed by atoms with Crippen molar-refractivity contribution in [2.75, 3.05) is 20.7 Å². The molecular formula is C25H29N5O5. The Hall–Kier alpha value is -4.21. The minimum Gasteiger partial charge on any atom is -0.469 e. The van der Waals surface area contributed by atoms with Gasteiger partial charge in [-0.15, -0.1) is 0 Å². The lowest BCUT2D eigenvalue weighted by atomic mass is 9.98. The third-order valence-electron chi connectivity index (χ3n) is 5.71. The zero-order valence-corrected chi connectivity index (χ0v) is 19.8. The number of rotatable bonds is 10. The van der Waals surface area contributed by atoms with Gasteiger partial charge in [-0.1, -0.05) is 42.5 Å². The summed E-state index contributed by atoms with van der Waals surface area (Å²) in [5.41, 5.74) is 6.81. The van der Waals surface area contributed by atoms with Crippen molar-refractivity contribution in [3.63, 3.8) is 0 Å². The molecule has 10 nitrogen and oxygen atoms in total. The van der Waals surface area contributed by atoms with E-state index in [9.17, 15) is 19.2 Å². The number of hydrogen-bond acceptors (Lipinski definition) is 6. The maximum Gasteiger partial charge on any atom is 0.309 e. The van der Waals surface area contributed by atoms with E-state index in [-0.39, 0.29) is 30.1 Å². The van der Waals surface area contributed by atoms with Gasteiger partial charge in [0, 0.05) is 20.0 Å². The van der Waals surface area contributed by atoms with Gasteiger partial charge in [0.15, 0.2) is 5.96 Å². The fourth-order valence-corrected chi connectivity index (χ4v) is 3.85. The second kappa shape index (κ2) is 11.8. The van der Waals surface area contributed by atoms with Crippen molar-refractivity contribution in [1.29, 1.82) is 0 Å². The van der Waals surface area contributed by atoms with E-state index in [1.165, 1.54) is 7.11 Å². The fraction of sp³-hybridized carbons (Fsp3) is 0.320. The molecule has 10 heteroatoms. The summed E-state index contributed by atoms with van der Waals surface area (Å²) < 4.78 is 4.90. The van der Waals surface area contributed by atoms with E-state index >= 15 is 0 Å². The number of aliphatic imine (C=N–C) groups is 1. The van der Waals surface area contributed by atoms with Crippen LogP contribution in [-0.2, 0) is 20.9 Å². The van der Waals surface area contributed by atoms with Crippen LogP contribution in [0.4, 0.5) is 0 Å². The Balaban J connectivity index is 1.82. The van der Waals surface area contributed by atoms with Crippen molar-refractivity contribution in [2.45, 2.75) is 25.8 Å². The number of hydrazine groups is 1. The quantitative estimate of drug-likeness (QED) is 0.174. The molecule has 0 aliphatic carbocycles. The highest BCUT2D eigenvalue weighted by Gasteiger charge is 2.41. The van der Waals surface area contributed by atoms with Crippen molar-refractivity contribution in [3.05, 3.63) is 71.3 Å². The van der Waals surface area contributed by atoms with E-state index in [0.29, 0.717) is 19.4 Å². The maximum atomic E-state index is 13.5. The second-order valence-electron chi connectivity index (χ2n) is 8.01. The number of methoxy groups -OCH3 is 1. The van der Waals surface area contributed by atoms with E-state index in [2.05, 4.69) is 10.3 Å². The van der Waals surface area contributed by atoms with E-state index in [1.807, 2.05) is 6.07 Å². The number of hydrogen-bond donors (Lipinski definition) is 2. The Labute approximate surface area is 203 Å². The minimum absolute atomic E-state index is 0.00983. The van der Waals surface area contributed by atoms with E-state index < -0.39 is 29.6 Å². The summed E-state index contributed by atoms with van der Waals surface area (Å²) in [6.07, 6.45) is 0.628. The third kappa shape index (κ3) is 6.03. The Morgan fingerprint density at radius 3 is 2.23 bits per heavy atom. The van der Waals surface area contributed by atoms with Crippen molar-refractivity contribution < 1.29 is 23.9 Å². The summed E-state index contributed by atoms with van der Waals surface area (Å²) in [7, 11) is 2.81. The lowest BCUT2D eigenvalue weighted by Gasteiger charge is -2.31. The summed E-state index contributed by atoms with van der Waals surface area (Å²) >= 11 is 0. The molecule has 0 aromatic heterocycles. The number of nitrogens with two attached hydrogens (primary N) is 1. The molecule has 0 spiro atoms. The lowest BCUT2D eigenvalue weighted by molar-refractivity contribution is -0.152. The Bertz CT molecular complexity index is 1080. The smallest absolute Gasteiger partial charge is 0.309 e. The number of amides is 3. The number of esters is 1. The first kappa shape index (κ1) is 25.4. The number of carbonyl (C=O) groups is 4. The van der Waals surface area contributed by atoms with Gasteiger partial charge in [-0.25, -0.2) is 5.01 Å². The van der Waals surface area contributed by atoms with Gasteiger partial charge in [0.2, 0.25) is 5.91 Å². The monoisotopic (exact) mass is 479 g/mol. The zero-order chi connectivity index (χ0) is 25.4. The van der Waals surface area contributed by atoms with Crippen LogP contribution in [0.3, 0.4) is 0 Å². The SMILES string of the molecule is CN=C(N)NCCC[C@@H](CC(=O)N(Cc1ccccc1)N1C(=O)c2ccccc2C1=O)C(=O)OC. The number of guanidine groups is 1. The molecule has 1 heterocycles. The second-order valence-corrected chi connectivity index (χ2v) is 8.01. The molecule has 1 atom stereocenters. The highest BCUT2D eigenvalue weighted by atomic mass is 16.5. The molecule has 1 aliphatic rings. The number of carbonyl (C=O) groups excluding carboxylic acids is 4. The van der Waals surface area contributed by atoms with Crippen molar-refractivity contribution in [1.82, 2.24) is 15.3 Å². The molecule has 3 rings (SSSR count). The standard InChI is InChI=1S/C25H29N5O5/c1-27-25(26)28-14-8-11-18(24(34)35-2)15-21(31)29(16-17-9-4-3-5-10-17)30-22(32)19-12-6-7-13-20(19)23(30)33/h3-7,9-10,12-13,18H,8,11,14-16H2,1-2H3,(H3,26,27,28)/t18-/m0/s1. The highest BCUT2D eigenvalue weighted by Crippen LogP contribution is 2.27. The number of imide groups is 1. The van der Waals surface area contributed by atoms with Crippen LogP contribution in [0.1, 0.15) is 45.5 Å². The largest absolute Gasteiger partial charge is 0.469 e. The van der Waals surface area contributed by atoms with Crippen LogP contribution < -0.4 is 11.1 Å². The van der Waals surface area contributed by atoms with Crippen molar-refractivity contribution in [2.24, 2.45) is 16.6 Å². The first-order valence-corrected chi connectivity index (χ1v) is 11.2. The molecule has 0 fully saturated rings. The van der Waals surface area contributed by atoms with Crippen LogP contribution in [-0.4, -0.2) is 60.4 Å². The Morgan fingerprint density at radius 2 is 1.66 bits per heavy atom. The normalized spacial score (nSPS) is 13.9. The van der Waals surface area contributed by atoms with Crippen LogP contribution in [0.25, 0.3) is 0 Å². The minimum atomic E-state index is -0.762. The average molecular weight is 480 g/mol. The molecule has 35 heavy (non-hydrogen) atoms. The van der Waals surface area contributed by atoms with Gasteiger partial charge in [0.25, 0.3) is 11.8 Å². The molecule has 0 radical (unpaired) electrons. The van der Waals surface area contributed by atoms with Gasteiger partial charge >= 0.3 is 5.97 Å². The third-order valence-corrected chi connectivity index (χ3v) is 5.71. The Kier molecular flexibility index (Phi) is 8.55. The van der Waals surface area contributed by atoms with E-state index in [0.717, 1.165) is 15.6 Å². The molecule has 1 aliphatic heterocycles. The molecule has 184 valence electrons. The average Bonchev–Trinajstić information content (AvgIpc) is 3.13. The summed E-state index contributed by atoms with van der Waals surface area (Å²) in [5.74, 6) is -2.73. The number of ether oxygens (including phenoxy) is 1. The van der Waals surface area contributed by atoms with Crippen LogP contribution in [0.15, 0.2) is 59.6 Å². The fourth-order valence-electron chi connectivity index (χ4n) is 3.85. The van der Waals surface area contributed by atoms with Gasteiger partial charge in [0.1, 0.15) is 0 Å². The summed E-state index contributed by atoms with van der Waals surface area (Å²) in [5, 5.41) is 4.89. The van der Waals surface area contributed by atoms with Crippen LogP contribution in [0.5, 0.6) is 0 Å². The van der Waals surface area contributed by atoms with Crippen molar-refractivity contribution >= 4 is 29.7 Å². The maximum absolute atomic E-state index is 13.5. The lowest BCUT2D eigenvalue weighted by Crippen LogP contribution is -2.49. The van der Waals surface area contributed by atoms with Gasteiger partial charge in [-0.05, 0) is 30.5 Å².